The molecule has 0 aromatic carbocycles. The third kappa shape index (κ3) is 5.67. The molecular weight excluding hydrogens is 212 g/mol. The number of hydrogen-bond acceptors (Lipinski definition) is 4. The fourth-order valence-electron chi connectivity index (χ4n) is 1.20. The number of rotatable bonds is 8. The van der Waals surface area contributed by atoms with Gasteiger partial charge in [-0.2, -0.15) is 0 Å². The minimum Gasteiger partial charge on any atom is -0.480 e. The smallest absolute Gasteiger partial charge is 0.326 e. The minimum absolute atomic E-state index is 0.265. The van der Waals surface area contributed by atoms with Gasteiger partial charge in [-0.05, 0) is 32.2 Å². The highest BCUT2D eigenvalue weighted by atomic mass is 16.4. The molecule has 6 heteroatoms. The Hall–Kier alpha value is -1.14. The zero-order valence-corrected chi connectivity index (χ0v) is 9.48. The van der Waals surface area contributed by atoms with E-state index in [4.69, 9.17) is 10.8 Å². The number of nitrogens with one attached hydrogen (secondary N) is 1. The molecule has 94 valence electrons. The first kappa shape index (κ1) is 14.9. The minimum atomic E-state index is -1.14. The molecular formula is C10H20N2O4. The van der Waals surface area contributed by atoms with Gasteiger partial charge in [0, 0.05) is 0 Å². The third-order valence-corrected chi connectivity index (χ3v) is 2.25. The van der Waals surface area contributed by atoms with Crippen LogP contribution in [0.3, 0.4) is 0 Å². The van der Waals surface area contributed by atoms with Crippen molar-refractivity contribution >= 4 is 11.9 Å². The van der Waals surface area contributed by atoms with Gasteiger partial charge in [-0.3, -0.25) is 4.79 Å². The maximum Gasteiger partial charge on any atom is 0.326 e. The van der Waals surface area contributed by atoms with Crippen molar-refractivity contribution in [2.75, 3.05) is 6.54 Å². The predicted octanol–water partition coefficient (Wildman–Crippen LogP) is -0.544. The van der Waals surface area contributed by atoms with Gasteiger partial charge in [-0.25, -0.2) is 4.79 Å². The van der Waals surface area contributed by atoms with Gasteiger partial charge in [0.15, 0.2) is 0 Å². The van der Waals surface area contributed by atoms with Gasteiger partial charge in [0.05, 0.1) is 0 Å². The SMILES string of the molecule is CCC(O)C(=O)N[C@@H](CCCCN)C(=O)O. The highest BCUT2D eigenvalue weighted by Gasteiger charge is 2.22. The van der Waals surface area contributed by atoms with Crippen molar-refractivity contribution in [1.82, 2.24) is 5.32 Å². The Bertz CT molecular complexity index is 233. The van der Waals surface area contributed by atoms with E-state index in [-0.39, 0.29) is 6.42 Å². The summed E-state index contributed by atoms with van der Waals surface area (Å²) in [6.07, 6.45) is 0.804. The summed E-state index contributed by atoms with van der Waals surface area (Å²) < 4.78 is 0. The van der Waals surface area contributed by atoms with Crippen LogP contribution in [0.25, 0.3) is 0 Å². The van der Waals surface area contributed by atoms with Gasteiger partial charge in [-0.15, -0.1) is 0 Å². The van der Waals surface area contributed by atoms with Crippen molar-refractivity contribution in [2.45, 2.75) is 44.8 Å². The molecule has 0 bridgehead atoms. The Morgan fingerprint density at radius 3 is 2.44 bits per heavy atom. The summed E-state index contributed by atoms with van der Waals surface area (Å²) in [4.78, 5) is 22.1. The van der Waals surface area contributed by atoms with E-state index in [0.29, 0.717) is 19.4 Å². The molecule has 0 aromatic heterocycles. The molecule has 16 heavy (non-hydrogen) atoms. The van der Waals surface area contributed by atoms with Gasteiger partial charge in [-0.1, -0.05) is 6.92 Å². The summed E-state index contributed by atoms with van der Waals surface area (Å²) in [6.45, 7) is 2.15. The molecule has 1 amide bonds. The lowest BCUT2D eigenvalue weighted by atomic mass is 10.1. The monoisotopic (exact) mass is 232 g/mol. The Kier molecular flexibility index (Phi) is 7.49. The lowest BCUT2D eigenvalue weighted by molar-refractivity contribution is -0.143. The fourth-order valence-corrected chi connectivity index (χ4v) is 1.20. The Labute approximate surface area is 94.8 Å². The Morgan fingerprint density at radius 1 is 1.38 bits per heavy atom. The Morgan fingerprint density at radius 2 is 2.00 bits per heavy atom. The van der Waals surface area contributed by atoms with Crippen LogP contribution < -0.4 is 11.1 Å². The number of aliphatic hydroxyl groups excluding tert-OH is 1. The van der Waals surface area contributed by atoms with Crippen molar-refractivity contribution in [3.8, 4) is 0 Å². The molecule has 0 radical (unpaired) electrons. The number of carbonyl (C=O) groups excluding carboxylic acids is 1. The van der Waals surface area contributed by atoms with Crippen LogP contribution in [-0.2, 0) is 9.59 Å². The first-order valence-corrected chi connectivity index (χ1v) is 5.44. The first-order valence-electron chi connectivity index (χ1n) is 5.44. The first-order chi connectivity index (χ1) is 7.52. The molecule has 0 fully saturated rings. The van der Waals surface area contributed by atoms with E-state index < -0.39 is 24.0 Å². The standard InChI is InChI=1S/C10H20N2O4/c1-2-8(13)9(14)12-7(10(15)16)5-3-4-6-11/h7-8,13H,2-6,11H2,1H3,(H,12,14)(H,15,16)/t7-,8?/m0/s1. The molecule has 0 saturated heterocycles. The van der Waals surface area contributed by atoms with Crippen LogP contribution in [0.5, 0.6) is 0 Å². The molecule has 5 N–H and O–H groups in total. The third-order valence-electron chi connectivity index (χ3n) is 2.25. The number of aliphatic carboxylic acids is 1. The molecule has 0 saturated carbocycles. The number of carbonyl (C=O) groups is 2. The highest BCUT2D eigenvalue weighted by molar-refractivity contribution is 5.86. The lowest BCUT2D eigenvalue weighted by Gasteiger charge is -2.16. The molecule has 6 nitrogen and oxygen atoms in total. The highest BCUT2D eigenvalue weighted by Crippen LogP contribution is 2.02. The second-order valence-electron chi connectivity index (χ2n) is 3.61. The summed E-state index contributed by atoms with van der Waals surface area (Å²) >= 11 is 0. The molecule has 2 atom stereocenters. The number of nitrogens with two attached hydrogens (primary N) is 1. The largest absolute Gasteiger partial charge is 0.480 e. The number of aliphatic hydroxyl groups is 1. The average molecular weight is 232 g/mol. The molecule has 0 spiro atoms. The van der Waals surface area contributed by atoms with E-state index in [1.165, 1.54) is 0 Å². The van der Waals surface area contributed by atoms with Crippen LogP contribution >= 0.6 is 0 Å². The van der Waals surface area contributed by atoms with Crippen molar-refractivity contribution in [3.63, 3.8) is 0 Å². The normalized spacial score (nSPS) is 14.2. The second kappa shape index (κ2) is 8.06. The van der Waals surface area contributed by atoms with Gasteiger partial charge in [0.25, 0.3) is 0 Å². The average Bonchev–Trinajstić information content (AvgIpc) is 2.26. The molecule has 0 rings (SSSR count). The van der Waals surface area contributed by atoms with E-state index >= 15 is 0 Å². The van der Waals surface area contributed by atoms with Crippen LogP contribution in [0.1, 0.15) is 32.6 Å². The fraction of sp³-hybridized carbons (Fsp3) is 0.800. The summed E-state index contributed by atoms with van der Waals surface area (Å²) in [7, 11) is 0. The second-order valence-corrected chi connectivity index (χ2v) is 3.61. The van der Waals surface area contributed by atoms with Crippen LogP contribution in [-0.4, -0.2) is 40.8 Å². The van der Waals surface area contributed by atoms with E-state index in [2.05, 4.69) is 5.32 Å². The lowest BCUT2D eigenvalue weighted by Crippen LogP contribution is -2.45. The quantitative estimate of drug-likeness (QED) is 0.420. The van der Waals surface area contributed by atoms with Crippen LogP contribution in [0.2, 0.25) is 0 Å². The van der Waals surface area contributed by atoms with Crippen molar-refractivity contribution in [3.05, 3.63) is 0 Å². The van der Waals surface area contributed by atoms with Crippen LogP contribution in [0.4, 0.5) is 0 Å². The van der Waals surface area contributed by atoms with Crippen molar-refractivity contribution in [2.24, 2.45) is 5.73 Å². The molecule has 0 heterocycles. The number of carboxylic acids is 1. The molecule has 0 aliphatic heterocycles. The van der Waals surface area contributed by atoms with Crippen LogP contribution in [0.15, 0.2) is 0 Å². The number of hydrogen-bond donors (Lipinski definition) is 4. The zero-order valence-electron chi connectivity index (χ0n) is 9.48. The van der Waals surface area contributed by atoms with Gasteiger partial charge < -0.3 is 21.3 Å². The van der Waals surface area contributed by atoms with Crippen molar-refractivity contribution < 1.29 is 19.8 Å². The number of carboxylic acid groups (broad SMARTS) is 1. The summed E-state index contributed by atoms with van der Waals surface area (Å²) in [5.41, 5.74) is 5.29. The molecule has 0 aliphatic rings. The molecule has 0 aromatic rings. The number of unbranched alkanes of at least 4 members (excludes halogenated alkanes) is 1. The maximum absolute atomic E-state index is 11.3. The number of amides is 1. The maximum atomic E-state index is 11.3. The summed E-state index contributed by atoms with van der Waals surface area (Å²) in [6, 6.07) is -0.944. The van der Waals surface area contributed by atoms with E-state index in [1.807, 2.05) is 0 Å². The van der Waals surface area contributed by atoms with Gasteiger partial charge in [0.2, 0.25) is 5.91 Å². The molecule has 1 unspecified atom stereocenters. The Balaban J connectivity index is 4.12. The van der Waals surface area contributed by atoms with E-state index in [1.54, 1.807) is 6.92 Å². The summed E-state index contributed by atoms with van der Waals surface area (Å²) in [5, 5.41) is 20.3. The zero-order chi connectivity index (χ0) is 12.6. The summed E-state index contributed by atoms with van der Waals surface area (Å²) in [5.74, 6) is -1.73. The van der Waals surface area contributed by atoms with E-state index in [9.17, 15) is 14.7 Å². The van der Waals surface area contributed by atoms with Crippen molar-refractivity contribution in [1.29, 1.82) is 0 Å². The van der Waals surface area contributed by atoms with Gasteiger partial charge in [0.1, 0.15) is 12.1 Å². The topological polar surface area (TPSA) is 113 Å². The predicted molar refractivity (Wildman–Crippen MR) is 58.8 cm³/mol. The molecule has 0 aliphatic carbocycles. The van der Waals surface area contributed by atoms with E-state index in [0.717, 1.165) is 6.42 Å². The van der Waals surface area contributed by atoms with Crippen LogP contribution in [0, 0.1) is 0 Å². The van der Waals surface area contributed by atoms with Gasteiger partial charge >= 0.3 is 5.97 Å².